The predicted octanol–water partition coefficient (Wildman–Crippen LogP) is 13.0. The molecule has 5 aliphatic carbocycles. The molecule has 59 heavy (non-hydrogen) atoms. The molecule has 284 valence electrons. The van der Waals surface area contributed by atoms with E-state index >= 15 is 0 Å². The van der Waals surface area contributed by atoms with Gasteiger partial charge in [0.2, 0.25) is 0 Å². The number of rotatable bonds is 6. The fraction of sp³-hybridized carbons (Fsp3) is 0.196. The number of hydrogen-bond acceptors (Lipinski definition) is 3. The van der Waals surface area contributed by atoms with Crippen LogP contribution in [-0.4, -0.2) is 15.0 Å². The normalized spacial score (nSPS) is 23.1. The zero-order valence-electron chi connectivity index (χ0n) is 33.1. The Morgan fingerprint density at radius 1 is 0.322 bits per heavy atom. The van der Waals surface area contributed by atoms with E-state index in [1.165, 1.54) is 71.0 Å². The van der Waals surface area contributed by atoms with Crippen LogP contribution in [0.25, 0.3) is 45.3 Å². The van der Waals surface area contributed by atoms with E-state index in [0.29, 0.717) is 29.3 Å². The van der Waals surface area contributed by atoms with Gasteiger partial charge in [0.05, 0.1) is 5.41 Å². The van der Waals surface area contributed by atoms with Gasteiger partial charge in [-0.15, -0.1) is 0 Å². The average molecular weight is 760 g/mol. The van der Waals surface area contributed by atoms with Gasteiger partial charge in [-0.05, 0) is 112 Å². The van der Waals surface area contributed by atoms with Crippen LogP contribution in [0.5, 0.6) is 0 Å². The smallest absolute Gasteiger partial charge is 0.164 e. The van der Waals surface area contributed by atoms with E-state index in [2.05, 4.69) is 182 Å². The van der Waals surface area contributed by atoms with Crippen molar-refractivity contribution in [3.8, 4) is 45.3 Å². The molecule has 13 rings (SSSR count). The first kappa shape index (κ1) is 34.6. The van der Waals surface area contributed by atoms with Crippen LogP contribution < -0.4 is 0 Å². The van der Waals surface area contributed by atoms with Gasteiger partial charge in [-0.3, -0.25) is 0 Å². The molecule has 4 bridgehead atoms. The Morgan fingerprint density at radius 2 is 0.763 bits per heavy atom. The number of aromatic nitrogens is 3. The van der Waals surface area contributed by atoms with Gasteiger partial charge < -0.3 is 0 Å². The van der Waals surface area contributed by atoms with E-state index in [0.717, 1.165) is 34.1 Å². The lowest BCUT2D eigenvalue weighted by molar-refractivity contribution is -0.0440. The summed E-state index contributed by atoms with van der Waals surface area (Å²) in [5.41, 5.74) is 13.2. The van der Waals surface area contributed by atoms with E-state index in [4.69, 9.17) is 15.0 Å². The lowest BCUT2D eigenvalue weighted by Gasteiger charge is -2.65. The van der Waals surface area contributed by atoms with Gasteiger partial charge in [-0.1, -0.05) is 176 Å². The first-order chi connectivity index (χ1) is 29.2. The molecule has 1 spiro atoms. The lowest BCUT2D eigenvalue weighted by atomic mass is 9.38. The molecular formula is C56H45N3. The first-order valence-electron chi connectivity index (χ1n) is 21.5. The highest BCUT2D eigenvalue weighted by molar-refractivity contribution is 5.76. The molecule has 0 aliphatic heterocycles. The van der Waals surface area contributed by atoms with Crippen molar-refractivity contribution in [2.24, 2.45) is 23.7 Å². The second-order valence-corrected chi connectivity index (χ2v) is 17.6. The van der Waals surface area contributed by atoms with Crippen molar-refractivity contribution in [2.45, 2.75) is 42.9 Å². The Morgan fingerprint density at radius 3 is 1.36 bits per heavy atom. The zero-order chi connectivity index (χ0) is 39.0. The summed E-state index contributed by atoms with van der Waals surface area (Å²) in [5.74, 6) is 4.93. The van der Waals surface area contributed by atoms with Crippen LogP contribution in [-0.2, 0) is 10.8 Å². The van der Waals surface area contributed by atoms with E-state index in [-0.39, 0.29) is 5.41 Å². The minimum Gasteiger partial charge on any atom is -0.208 e. The third-order valence-electron chi connectivity index (χ3n) is 14.6. The molecule has 0 unspecified atom stereocenters. The Kier molecular flexibility index (Phi) is 7.95. The molecule has 8 aromatic rings. The van der Waals surface area contributed by atoms with Crippen molar-refractivity contribution in [2.75, 3.05) is 0 Å². The minimum absolute atomic E-state index is 0.0927. The fourth-order valence-electron chi connectivity index (χ4n) is 12.6. The molecule has 0 atom stereocenters. The maximum absolute atomic E-state index is 5.38. The van der Waals surface area contributed by atoms with Gasteiger partial charge in [0.1, 0.15) is 0 Å². The molecule has 1 aromatic heterocycles. The molecular weight excluding hydrogens is 715 g/mol. The molecule has 0 amide bonds. The molecule has 5 aliphatic rings. The zero-order valence-corrected chi connectivity index (χ0v) is 33.1. The molecule has 3 heteroatoms. The van der Waals surface area contributed by atoms with Gasteiger partial charge in [-0.2, -0.15) is 0 Å². The molecule has 4 fully saturated rings. The second kappa shape index (κ2) is 13.6. The van der Waals surface area contributed by atoms with Crippen molar-refractivity contribution in [3.05, 3.63) is 221 Å². The fourth-order valence-corrected chi connectivity index (χ4v) is 12.6. The maximum Gasteiger partial charge on any atom is 0.164 e. The number of fused-ring (bicyclic) bond motifs is 2. The Labute approximate surface area is 346 Å². The highest BCUT2D eigenvalue weighted by Gasteiger charge is 2.63. The van der Waals surface area contributed by atoms with E-state index < -0.39 is 5.41 Å². The van der Waals surface area contributed by atoms with Crippen molar-refractivity contribution >= 4 is 0 Å². The second-order valence-electron chi connectivity index (χ2n) is 17.6. The molecule has 0 radical (unpaired) electrons. The molecule has 1 heterocycles. The van der Waals surface area contributed by atoms with Gasteiger partial charge in [0, 0.05) is 22.1 Å². The van der Waals surface area contributed by atoms with Crippen LogP contribution in [0.3, 0.4) is 0 Å². The van der Waals surface area contributed by atoms with Crippen LogP contribution in [0, 0.1) is 23.7 Å². The highest BCUT2D eigenvalue weighted by Crippen LogP contribution is 2.70. The third-order valence-corrected chi connectivity index (χ3v) is 14.6. The third kappa shape index (κ3) is 5.23. The first-order valence-corrected chi connectivity index (χ1v) is 21.5. The van der Waals surface area contributed by atoms with E-state index in [1.54, 1.807) is 0 Å². The molecule has 3 nitrogen and oxygen atoms in total. The lowest BCUT2D eigenvalue weighted by Crippen LogP contribution is -2.59. The molecule has 7 aromatic carbocycles. The Hall–Kier alpha value is -6.45. The predicted molar refractivity (Wildman–Crippen MR) is 238 cm³/mol. The van der Waals surface area contributed by atoms with Gasteiger partial charge >= 0.3 is 0 Å². The summed E-state index contributed by atoms with van der Waals surface area (Å²) in [6.45, 7) is 0. The summed E-state index contributed by atoms with van der Waals surface area (Å²) in [6.07, 6.45) is 6.64. The maximum atomic E-state index is 5.38. The van der Waals surface area contributed by atoms with Crippen LogP contribution in [0.4, 0.5) is 0 Å². The summed E-state index contributed by atoms with van der Waals surface area (Å²) in [4.78, 5) is 15.9. The Balaban J connectivity index is 1.13. The number of benzene rings is 7. The monoisotopic (exact) mass is 759 g/mol. The van der Waals surface area contributed by atoms with Crippen LogP contribution in [0.15, 0.2) is 188 Å². The molecule has 0 N–H and O–H groups in total. The van der Waals surface area contributed by atoms with E-state index in [9.17, 15) is 0 Å². The average Bonchev–Trinajstić information content (AvgIpc) is 3.31. The largest absolute Gasteiger partial charge is 0.208 e. The highest BCUT2D eigenvalue weighted by atomic mass is 15.0. The van der Waals surface area contributed by atoms with Crippen molar-refractivity contribution < 1.29 is 0 Å². The number of nitrogens with zero attached hydrogens (tertiary/aromatic N) is 3. The summed E-state index contributed by atoms with van der Waals surface area (Å²) < 4.78 is 0. The van der Waals surface area contributed by atoms with Gasteiger partial charge in [0.25, 0.3) is 0 Å². The summed E-state index contributed by atoms with van der Waals surface area (Å²) in [6, 6.07) is 69.0. The summed E-state index contributed by atoms with van der Waals surface area (Å²) >= 11 is 0. The summed E-state index contributed by atoms with van der Waals surface area (Å²) in [5, 5.41) is 0. The topological polar surface area (TPSA) is 38.7 Å². The van der Waals surface area contributed by atoms with Crippen molar-refractivity contribution in [1.82, 2.24) is 15.0 Å². The Bertz CT molecular complexity index is 2760. The van der Waals surface area contributed by atoms with Gasteiger partial charge in [0.15, 0.2) is 17.5 Å². The van der Waals surface area contributed by atoms with Crippen LogP contribution >= 0.6 is 0 Å². The number of hydrogen-bond donors (Lipinski definition) is 0. The standard InChI is InChI=1S/C56H45N3/c1-5-16-39(17-6-1)41-20-15-21-42(35-41)53-57-52(40-18-7-2-8-19-40)58-54(59-53)43-28-29-50-51(36-43)56(46-31-37-30-38(33-46)34-47(56)32-37)49-27-14-13-26-48(49)55(50,44-22-9-3-10-23-44)45-24-11-4-12-25-45/h1-29,35-38,46-47H,30-34H2. The summed E-state index contributed by atoms with van der Waals surface area (Å²) in [7, 11) is 0. The van der Waals surface area contributed by atoms with Crippen LogP contribution in [0.1, 0.15) is 65.5 Å². The molecule has 0 saturated heterocycles. The van der Waals surface area contributed by atoms with Crippen molar-refractivity contribution in [1.29, 1.82) is 0 Å². The van der Waals surface area contributed by atoms with Gasteiger partial charge in [-0.25, -0.2) is 15.0 Å². The molecule has 4 saturated carbocycles. The van der Waals surface area contributed by atoms with E-state index in [1.807, 2.05) is 6.07 Å². The minimum atomic E-state index is -0.496. The van der Waals surface area contributed by atoms with Crippen LogP contribution in [0.2, 0.25) is 0 Å². The SMILES string of the molecule is c1ccc(-c2cccc(-c3nc(-c4ccccc4)nc(-c4ccc5c(c4)C4(c6ccccc6C5(c5ccccc5)c5ccccc5)C5CC6CC(C5)CC4C6)n3)c2)cc1. The van der Waals surface area contributed by atoms with Crippen molar-refractivity contribution in [3.63, 3.8) is 0 Å². The quantitative estimate of drug-likeness (QED) is 0.169.